The van der Waals surface area contributed by atoms with Crippen LogP contribution < -0.4 is 4.74 Å². The normalized spacial score (nSPS) is 10.8. The summed E-state index contributed by atoms with van der Waals surface area (Å²) in [5.41, 5.74) is 0.640. The van der Waals surface area contributed by atoms with Gasteiger partial charge in [-0.2, -0.15) is 0 Å². The van der Waals surface area contributed by atoms with E-state index in [9.17, 15) is 13.6 Å². The minimum Gasteiger partial charge on any atom is -0.494 e. The number of hydrogen-bond donors (Lipinski definition) is 0. The van der Waals surface area contributed by atoms with Crippen LogP contribution in [0.5, 0.6) is 5.75 Å². The molecule has 3 nitrogen and oxygen atoms in total. The minimum absolute atomic E-state index is 0.0250. The highest BCUT2D eigenvalue weighted by atomic mass is 19.1. The number of methoxy groups -OCH3 is 1. The lowest BCUT2D eigenvalue weighted by atomic mass is 10.1. The number of rotatable bonds is 3. The van der Waals surface area contributed by atoms with Gasteiger partial charge in [-0.3, -0.25) is 4.79 Å². The molecule has 0 aliphatic heterocycles. The standard InChI is InChI=1S/C16H10F2O3/c1-20-14-7-9(2-4-12(14)18)16(19)15-8-10-6-11(17)3-5-13(10)21-15/h2-8H,1H3. The maximum atomic E-state index is 13.3. The van der Waals surface area contributed by atoms with Crippen molar-refractivity contribution in [2.45, 2.75) is 0 Å². The van der Waals surface area contributed by atoms with E-state index in [4.69, 9.17) is 9.15 Å². The van der Waals surface area contributed by atoms with E-state index in [-0.39, 0.29) is 17.1 Å². The maximum absolute atomic E-state index is 13.3. The first-order valence-corrected chi connectivity index (χ1v) is 6.16. The number of carbonyl (C=O) groups is 1. The Morgan fingerprint density at radius 1 is 1.10 bits per heavy atom. The van der Waals surface area contributed by atoms with Crippen LogP contribution in [0.4, 0.5) is 8.78 Å². The van der Waals surface area contributed by atoms with E-state index in [0.29, 0.717) is 11.0 Å². The molecule has 106 valence electrons. The molecule has 0 amide bonds. The van der Waals surface area contributed by atoms with E-state index < -0.39 is 17.4 Å². The van der Waals surface area contributed by atoms with Crippen LogP contribution >= 0.6 is 0 Å². The quantitative estimate of drug-likeness (QED) is 0.685. The van der Waals surface area contributed by atoms with Crippen molar-refractivity contribution in [1.29, 1.82) is 0 Å². The van der Waals surface area contributed by atoms with Gasteiger partial charge in [0.25, 0.3) is 0 Å². The van der Waals surface area contributed by atoms with Gasteiger partial charge in [0.05, 0.1) is 7.11 Å². The molecule has 2 aromatic carbocycles. The maximum Gasteiger partial charge on any atom is 0.228 e. The first-order chi connectivity index (χ1) is 10.1. The van der Waals surface area contributed by atoms with Crippen molar-refractivity contribution in [3.63, 3.8) is 0 Å². The molecular weight excluding hydrogens is 278 g/mol. The van der Waals surface area contributed by atoms with Gasteiger partial charge in [0.1, 0.15) is 11.4 Å². The van der Waals surface area contributed by atoms with Gasteiger partial charge >= 0.3 is 0 Å². The second-order valence-corrected chi connectivity index (χ2v) is 4.47. The number of furan rings is 1. The third kappa shape index (κ3) is 2.38. The summed E-state index contributed by atoms with van der Waals surface area (Å²) in [5, 5.41) is 0.493. The Morgan fingerprint density at radius 2 is 1.90 bits per heavy atom. The van der Waals surface area contributed by atoms with Gasteiger partial charge in [-0.1, -0.05) is 0 Å². The highest BCUT2D eigenvalue weighted by Crippen LogP contribution is 2.24. The average Bonchev–Trinajstić information content (AvgIpc) is 2.90. The van der Waals surface area contributed by atoms with E-state index in [1.165, 1.54) is 43.5 Å². The lowest BCUT2D eigenvalue weighted by Gasteiger charge is -2.03. The highest BCUT2D eigenvalue weighted by Gasteiger charge is 2.17. The number of fused-ring (bicyclic) bond motifs is 1. The molecule has 3 aromatic rings. The third-order valence-corrected chi connectivity index (χ3v) is 3.12. The van der Waals surface area contributed by atoms with Crippen LogP contribution in [0.25, 0.3) is 11.0 Å². The first kappa shape index (κ1) is 13.3. The molecule has 0 N–H and O–H groups in total. The van der Waals surface area contributed by atoms with Crippen LogP contribution in [0.2, 0.25) is 0 Å². The molecule has 5 heteroatoms. The summed E-state index contributed by atoms with van der Waals surface area (Å²) in [7, 11) is 1.32. The monoisotopic (exact) mass is 288 g/mol. The zero-order chi connectivity index (χ0) is 15.0. The topological polar surface area (TPSA) is 39.4 Å². The fraction of sp³-hybridized carbons (Fsp3) is 0.0625. The molecule has 21 heavy (non-hydrogen) atoms. The van der Waals surface area contributed by atoms with Crippen molar-refractivity contribution >= 4 is 16.8 Å². The summed E-state index contributed by atoms with van der Waals surface area (Å²) < 4.78 is 36.7. The molecule has 3 rings (SSSR count). The van der Waals surface area contributed by atoms with E-state index in [1.807, 2.05) is 0 Å². The molecule has 0 atom stereocenters. The number of carbonyl (C=O) groups excluding carboxylic acids is 1. The number of hydrogen-bond acceptors (Lipinski definition) is 3. The van der Waals surface area contributed by atoms with Gasteiger partial charge in [-0.15, -0.1) is 0 Å². The van der Waals surface area contributed by atoms with Crippen molar-refractivity contribution in [3.8, 4) is 5.75 Å². The van der Waals surface area contributed by atoms with Crippen LogP contribution in [0.1, 0.15) is 16.1 Å². The van der Waals surface area contributed by atoms with Gasteiger partial charge in [0.2, 0.25) is 5.78 Å². The fourth-order valence-corrected chi connectivity index (χ4v) is 2.07. The molecule has 0 saturated heterocycles. The predicted octanol–water partition coefficient (Wildman–Crippen LogP) is 3.95. The summed E-state index contributed by atoms with van der Waals surface area (Å²) in [5.74, 6) is -1.36. The average molecular weight is 288 g/mol. The molecule has 1 heterocycles. The van der Waals surface area contributed by atoms with Crippen molar-refractivity contribution in [2.24, 2.45) is 0 Å². The van der Waals surface area contributed by atoms with Gasteiger partial charge in [0, 0.05) is 10.9 Å². The molecule has 0 aliphatic rings. The van der Waals surface area contributed by atoms with Crippen LogP contribution in [0.15, 0.2) is 46.9 Å². The lowest BCUT2D eigenvalue weighted by molar-refractivity contribution is 0.101. The largest absolute Gasteiger partial charge is 0.494 e. The van der Waals surface area contributed by atoms with Crippen molar-refractivity contribution in [2.75, 3.05) is 7.11 Å². The van der Waals surface area contributed by atoms with E-state index in [1.54, 1.807) is 0 Å². The Kier molecular flexibility index (Phi) is 3.17. The van der Waals surface area contributed by atoms with Crippen LogP contribution in [-0.2, 0) is 0 Å². The number of ketones is 1. The lowest BCUT2D eigenvalue weighted by Crippen LogP contribution is -2.01. The fourth-order valence-electron chi connectivity index (χ4n) is 2.07. The van der Waals surface area contributed by atoms with Crippen molar-refractivity contribution < 1.29 is 22.7 Å². The van der Waals surface area contributed by atoms with Crippen molar-refractivity contribution in [1.82, 2.24) is 0 Å². The van der Waals surface area contributed by atoms with Gasteiger partial charge < -0.3 is 9.15 Å². The van der Waals surface area contributed by atoms with E-state index >= 15 is 0 Å². The summed E-state index contributed by atoms with van der Waals surface area (Å²) in [6.07, 6.45) is 0. The third-order valence-electron chi connectivity index (χ3n) is 3.12. The number of benzene rings is 2. The Hall–Kier alpha value is -2.69. The van der Waals surface area contributed by atoms with E-state index in [0.717, 1.165) is 6.07 Å². The number of halogens is 2. The molecule has 0 spiro atoms. The van der Waals surface area contributed by atoms with E-state index in [2.05, 4.69) is 0 Å². The summed E-state index contributed by atoms with van der Waals surface area (Å²) in [4.78, 5) is 12.3. The summed E-state index contributed by atoms with van der Waals surface area (Å²) in [6, 6.07) is 9.22. The van der Waals surface area contributed by atoms with Crippen LogP contribution in [-0.4, -0.2) is 12.9 Å². The second-order valence-electron chi connectivity index (χ2n) is 4.47. The molecule has 0 unspecified atom stereocenters. The smallest absolute Gasteiger partial charge is 0.228 e. The highest BCUT2D eigenvalue weighted by molar-refractivity contribution is 6.09. The Labute approximate surface area is 118 Å². The second kappa shape index (κ2) is 5.01. The molecule has 0 bridgehead atoms. The molecule has 0 fully saturated rings. The van der Waals surface area contributed by atoms with Gasteiger partial charge in [-0.25, -0.2) is 8.78 Å². The SMILES string of the molecule is COc1cc(C(=O)c2cc3cc(F)ccc3o2)ccc1F. The molecule has 0 radical (unpaired) electrons. The Morgan fingerprint density at radius 3 is 2.67 bits per heavy atom. The van der Waals surface area contributed by atoms with Crippen molar-refractivity contribution in [3.05, 3.63) is 65.4 Å². The first-order valence-electron chi connectivity index (χ1n) is 6.16. The Balaban J connectivity index is 2.03. The van der Waals surface area contributed by atoms with Crippen LogP contribution in [0.3, 0.4) is 0 Å². The zero-order valence-electron chi connectivity index (χ0n) is 11.0. The molecule has 0 saturated carbocycles. The molecule has 1 aromatic heterocycles. The molecular formula is C16H10F2O3. The minimum atomic E-state index is -0.555. The number of ether oxygens (including phenoxy) is 1. The summed E-state index contributed by atoms with van der Waals surface area (Å²) in [6.45, 7) is 0. The zero-order valence-corrected chi connectivity index (χ0v) is 11.0. The van der Waals surface area contributed by atoms with Gasteiger partial charge in [0.15, 0.2) is 17.3 Å². The summed E-state index contributed by atoms with van der Waals surface area (Å²) >= 11 is 0. The van der Waals surface area contributed by atoms with Gasteiger partial charge in [-0.05, 0) is 42.5 Å². The predicted molar refractivity (Wildman–Crippen MR) is 72.6 cm³/mol. The van der Waals surface area contributed by atoms with Crippen LogP contribution in [0, 0.1) is 11.6 Å². The Bertz CT molecular complexity index is 837. The molecule has 0 aliphatic carbocycles.